The average molecular weight is 312 g/mol. The minimum absolute atomic E-state index is 0.0158. The molecular weight excluding hydrogens is 290 g/mol. The molecule has 1 aliphatic rings. The van der Waals surface area contributed by atoms with E-state index in [0.717, 1.165) is 31.6 Å². The molecule has 1 fully saturated rings. The lowest BCUT2D eigenvalue weighted by atomic mass is 9.91. The van der Waals surface area contributed by atoms with Crippen molar-refractivity contribution in [3.63, 3.8) is 0 Å². The molecule has 4 nitrogen and oxygen atoms in total. The molecule has 0 aliphatic carbocycles. The van der Waals surface area contributed by atoms with E-state index in [2.05, 4.69) is 4.98 Å². The second kappa shape index (κ2) is 6.75. The second-order valence-electron chi connectivity index (χ2n) is 6.40. The smallest absolute Gasteiger partial charge is 0.338 e. The first-order valence-corrected chi connectivity index (χ1v) is 7.71. The van der Waals surface area contributed by atoms with Crippen molar-refractivity contribution >= 4 is 17.6 Å². The fraction of sp³-hybridized carbons (Fsp3) is 0.625. The van der Waals surface area contributed by atoms with Gasteiger partial charge < -0.3 is 9.47 Å². The van der Waals surface area contributed by atoms with Crippen LogP contribution in [0.5, 0.6) is 0 Å². The van der Waals surface area contributed by atoms with Gasteiger partial charge in [0.2, 0.25) is 0 Å². The van der Waals surface area contributed by atoms with E-state index in [1.807, 2.05) is 20.8 Å². The molecule has 0 saturated carbocycles. The Hall–Kier alpha value is -1.13. The SMILES string of the molecule is CC(C)(C)c1cc(C(=O)OCC2CCCCO2)cc(Cl)n1. The molecule has 1 aromatic heterocycles. The van der Waals surface area contributed by atoms with Gasteiger partial charge in [-0.25, -0.2) is 9.78 Å². The molecule has 21 heavy (non-hydrogen) atoms. The zero-order valence-electron chi connectivity index (χ0n) is 12.8. The zero-order valence-corrected chi connectivity index (χ0v) is 13.6. The summed E-state index contributed by atoms with van der Waals surface area (Å²) in [6.45, 7) is 7.12. The third-order valence-corrected chi connectivity index (χ3v) is 3.67. The summed E-state index contributed by atoms with van der Waals surface area (Å²) in [5.74, 6) is -0.376. The molecule has 2 rings (SSSR count). The van der Waals surface area contributed by atoms with E-state index in [0.29, 0.717) is 17.3 Å². The van der Waals surface area contributed by atoms with Crippen LogP contribution in [0.3, 0.4) is 0 Å². The number of carbonyl (C=O) groups excluding carboxylic acids is 1. The molecule has 1 aromatic rings. The standard InChI is InChI=1S/C16H22ClNO3/c1-16(2,3)13-8-11(9-14(17)18-13)15(19)21-10-12-6-4-5-7-20-12/h8-9,12H,4-7,10H2,1-3H3. The van der Waals surface area contributed by atoms with Crippen molar-refractivity contribution in [2.24, 2.45) is 0 Å². The topological polar surface area (TPSA) is 48.4 Å². The first-order chi connectivity index (χ1) is 9.86. The Balaban J connectivity index is 2.03. The van der Waals surface area contributed by atoms with Crippen molar-refractivity contribution in [1.82, 2.24) is 4.98 Å². The van der Waals surface area contributed by atoms with Gasteiger partial charge in [0, 0.05) is 17.7 Å². The van der Waals surface area contributed by atoms with Crippen LogP contribution in [-0.4, -0.2) is 30.3 Å². The van der Waals surface area contributed by atoms with Crippen LogP contribution in [0.25, 0.3) is 0 Å². The normalized spacial score (nSPS) is 19.3. The molecule has 5 heteroatoms. The van der Waals surface area contributed by atoms with Crippen LogP contribution in [0.2, 0.25) is 5.15 Å². The molecule has 1 saturated heterocycles. The van der Waals surface area contributed by atoms with Gasteiger partial charge in [-0.15, -0.1) is 0 Å². The first-order valence-electron chi connectivity index (χ1n) is 7.33. The highest BCUT2D eigenvalue weighted by atomic mass is 35.5. The number of hydrogen-bond donors (Lipinski definition) is 0. The molecule has 1 aliphatic heterocycles. The van der Waals surface area contributed by atoms with Crippen LogP contribution < -0.4 is 0 Å². The zero-order chi connectivity index (χ0) is 15.5. The molecule has 1 atom stereocenters. The van der Waals surface area contributed by atoms with E-state index in [4.69, 9.17) is 21.1 Å². The van der Waals surface area contributed by atoms with Crippen LogP contribution in [0, 0.1) is 0 Å². The monoisotopic (exact) mass is 311 g/mol. The quantitative estimate of drug-likeness (QED) is 0.630. The Morgan fingerprint density at radius 1 is 1.43 bits per heavy atom. The average Bonchev–Trinajstić information content (AvgIpc) is 2.44. The molecule has 0 N–H and O–H groups in total. The van der Waals surface area contributed by atoms with Crippen molar-refractivity contribution in [2.75, 3.05) is 13.2 Å². The van der Waals surface area contributed by atoms with Crippen LogP contribution >= 0.6 is 11.6 Å². The van der Waals surface area contributed by atoms with Gasteiger partial charge in [0.25, 0.3) is 0 Å². The number of nitrogens with zero attached hydrogens (tertiary/aromatic N) is 1. The molecule has 0 aromatic carbocycles. The third-order valence-electron chi connectivity index (χ3n) is 3.47. The van der Waals surface area contributed by atoms with E-state index < -0.39 is 0 Å². The summed E-state index contributed by atoms with van der Waals surface area (Å²) in [6.07, 6.45) is 3.16. The molecule has 0 radical (unpaired) electrons. The Kier molecular flexibility index (Phi) is 5.22. The molecule has 0 bridgehead atoms. The van der Waals surface area contributed by atoms with Gasteiger partial charge in [0.15, 0.2) is 0 Å². The summed E-state index contributed by atoms with van der Waals surface area (Å²) >= 11 is 6.01. The lowest BCUT2D eigenvalue weighted by Crippen LogP contribution is -2.26. The highest BCUT2D eigenvalue weighted by Crippen LogP contribution is 2.24. The van der Waals surface area contributed by atoms with Gasteiger partial charge in [-0.2, -0.15) is 0 Å². The summed E-state index contributed by atoms with van der Waals surface area (Å²) in [7, 11) is 0. The largest absolute Gasteiger partial charge is 0.459 e. The van der Waals surface area contributed by atoms with Gasteiger partial charge in [-0.05, 0) is 31.4 Å². The summed E-state index contributed by atoms with van der Waals surface area (Å²) in [6, 6.07) is 3.29. The van der Waals surface area contributed by atoms with Crippen molar-refractivity contribution in [3.8, 4) is 0 Å². The van der Waals surface area contributed by atoms with Crippen LogP contribution in [0.1, 0.15) is 56.1 Å². The Labute approximate surface area is 130 Å². The molecule has 1 unspecified atom stereocenters. The number of rotatable bonds is 3. The van der Waals surface area contributed by atoms with Crippen LogP contribution in [0.15, 0.2) is 12.1 Å². The Morgan fingerprint density at radius 2 is 2.19 bits per heavy atom. The summed E-state index contributed by atoms with van der Waals surface area (Å²) in [5.41, 5.74) is 1.04. The molecule has 0 spiro atoms. The predicted octanol–water partition coefficient (Wildman–Crippen LogP) is 3.76. The number of halogens is 1. The van der Waals surface area contributed by atoms with Gasteiger partial charge >= 0.3 is 5.97 Å². The first kappa shape index (κ1) is 16.2. The minimum atomic E-state index is -0.376. The van der Waals surface area contributed by atoms with Gasteiger partial charge in [-0.1, -0.05) is 32.4 Å². The number of pyridine rings is 1. The lowest BCUT2D eigenvalue weighted by molar-refractivity contribution is -0.0300. The number of hydrogen-bond acceptors (Lipinski definition) is 4. The number of carbonyl (C=O) groups is 1. The molecule has 116 valence electrons. The fourth-order valence-electron chi connectivity index (χ4n) is 2.19. The predicted molar refractivity (Wildman–Crippen MR) is 81.8 cm³/mol. The summed E-state index contributed by atoms with van der Waals surface area (Å²) < 4.78 is 10.9. The van der Waals surface area contributed by atoms with Crippen molar-refractivity contribution in [3.05, 3.63) is 28.5 Å². The second-order valence-corrected chi connectivity index (χ2v) is 6.79. The van der Waals surface area contributed by atoms with E-state index in [-0.39, 0.29) is 17.5 Å². The van der Waals surface area contributed by atoms with Crippen molar-refractivity contribution in [1.29, 1.82) is 0 Å². The van der Waals surface area contributed by atoms with Crippen LogP contribution in [0.4, 0.5) is 0 Å². The van der Waals surface area contributed by atoms with Gasteiger partial charge in [-0.3, -0.25) is 0 Å². The van der Waals surface area contributed by atoms with Crippen LogP contribution in [-0.2, 0) is 14.9 Å². The summed E-state index contributed by atoms with van der Waals surface area (Å²) in [5, 5.41) is 0.309. The van der Waals surface area contributed by atoms with E-state index >= 15 is 0 Å². The maximum atomic E-state index is 12.2. The Bertz CT molecular complexity index is 505. The number of esters is 1. The van der Waals surface area contributed by atoms with Crippen molar-refractivity contribution in [2.45, 2.75) is 51.6 Å². The highest BCUT2D eigenvalue weighted by molar-refractivity contribution is 6.29. The molecule has 0 amide bonds. The third kappa shape index (κ3) is 4.68. The maximum absolute atomic E-state index is 12.2. The van der Waals surface area contributed by atoms with E-state index in [1.54, 1.807) is 12.1 Å². The minimum Gasteiger partial charge on any atom is -0.459 e. The maximum Gasteiger partial charge on any atom is 0.338 e. The van der Waals surface area contributed by atoms with E-state index in [9.17, 15) is 4.79 Å². The van der Waals surface area contributed by atoms with Gasteiger partial charge in [0.1, 0.15) is 11.8 Å². The molecule has 2 heterocycles. The molecular formula is C16H22ClNO3. The Morgan fingerprint density at radius 3 is 2.81 bits per heavy atom. The van der Waals surface area contributed by atoms with Gasteiger partial charge in [0.05, 0.1) is 11.7 Å². The number of aromatic nitrogens is 1. The highest BCUT2D eigenvalue weighted by Gasteiger charge is 2.21. The summed E-state index contributed by atoms with van der Waals surface area (Å²) in [4.78, 5) is 16.4. The lowest BCUT2D eigenvalue weighted by Gasteiger charge is -2.22. The fourth-order valence-corrected chi connectivity index (χ4v) is 2.40. The number of ether oxygens (including phenoxy) is 2. The van der Waals surface area contributed by atoms with Crippen molar-refractivity contribution < 1.29 is 14.3 Å². The van der Waals surface area contributed by atoms with E-state index in [1.165, 1.54) is 0 Å².